The Labute approximate surface area is 118 Å². The lowest BCUT2D eigenvalue weighted by molar-refractivity contribution is -0.138. The molecule has 0 radical (unpaired) electrons. The minimum absolute atomic E-state index is 0.119. The predicted octanol–water partition coefficient (Wildman–Crippen LogP) is 2.88. The van der Waals surface area contributed by atoms with Gasteiger partial charge in [0.15, 0.2) is 5.78 Å². The third kappa shape index (κ3) is 3.63. The Morgan fingerprint density at radius 1 is 1.25 bits per heavy atom. The zero-order chi connectivity index (χ0) is 14.4. The molecule has 1 atom stereocenters. The highest BCUT2D eigenvalue weighted by Gasteiger charge is 2.19. The summed E-state index contributed by atoms with van der Waals surface area (Å²) in [5.74, 6) is -0.852. The fourth-order valence-corrected chi connectivity index (χ4v) is 2.02. The summed E-state index contributed by atoms with van der Waals surface area (Å²) in [6.45, 7) is 1.56. The monoisotopic (exact) mass is 271 g/mol. The fourth-order valence-electron chi connectivity index (χ4n) is 2.02. The number of carbonyl (C=O) groups excluding carboxylic acids is 2. The summed E-state index contributed by atoms with van der Waals surface area (Å²) in [5, 5.41) is 3.66. The molecule has 2 aliphatic carbocycles. The SMILES string of the molecule is C/C(=N\OC(=O)C1=CCCC=C1)C(=O)C1C=CC=CC1. The standard InChI is InChI=1S/C16H17NO3/c1-12(15(18)13-8-4-2-5-9-13)17-20-16(19)14-10-6-3-7-11-14/h2,4-6,8,10-11,13H,3,7,9H2,1H3/b17-12+. The van der Waals surface area contributed by atoms with Crippen LogP contribution in [-0.4, -0.2) is 17.5 Å². The quantitative estimate of drug-likeness (QED) is 0.449. The first kappa shape index (κ1) is 14.2. The van der Waals surface area contributed by atoms with Crippen molar-refractivity contribution >= 4 is 17.5 Å². The van der Waals surface area contributed by atoms with Crippen molar-refractivity contribution in [1.29, 1.82) is 0 Å². The molecule has 20 heavy (non-hydrogen) atoms. The maximum atomic E-state index is 12.1. The minimum atomic E-state index is -0.521. The molecule has 0 N–H and O–H groups in total. The average Bonchev–Trinajstić information content (AvgIpc) is 2.53. The predicted molar refractivity (Wildman–Crippen MR) is 77.1 cm³/mol. The van der Waals surface area contributed by atoms with E-state index in [2.05, 4.69) is 5.16 Å². The molecule has 0 aromatic heterocycles. The number of oxime groups is 1. The van der Waals surface area contributed by atoms with Gasteiger partial charge >= 0.3 is 5.97 Å². The normalized spacial score (nSPS) is 21.6. The van der Waals surface area contributed by atoms with Crippen molar-refractivity contribution in [3.63, 3.8) is 0 Å². The lowest BCUT2D eigenvalue weighted by Gasteiger charge is -2.10. The first-order valence-electron chi connectivity index (χ1n) is 6.68. The Bertz CT molecular complexity index is 550. The topological polar surface area (TPSA) is 55.7 Å². The van der Waals surface area contributed by atoms with Crippen LogP contribution in [-0.2, 0) is 14.4 Å². The van der Waals surface area contributed by atoms with E-state index in [-0.39, 0.29) is 17.4 Å². The smallest absolute Gasteiger partial charge is 0.312 e. The molecule has 0 aliphatic heterocycles. The summed E-state index contributed by atoms with van der Waals surface area (Å²) in [7, 11) is 0. The largest absolute Gasteiger partial charge is 0.365 e. The van der Waals surface area contributed by atoms with Crippen molar-refractivity contribution < 1.29 is 14.4 Å². The number of hydrogen-bond donors (Lipinski definition) is 0. The van der Waals surface area contributed by atoms with E-state index in [0.29, 0.717) is 12.0 Å². The van der Waals surface area contributed by atoms with Crippen LogP contribution in [0.1, 0.15) is 26.2 Å². The van der Waals surface area contributed by atoms with Crippen LogP contribution < -0.4 is 0 Å². The molecule has 0 saturated carbocycles. The van der Waals surface area contributed by atoms with Crippen LogP contribution in [0, 0.1) is 5.92 Å². The molecule has 0 bridgehead atoms. The van der Waals surface area contributed by atoms with E-state index >= 15 is 0 Å². The molecule has 2 aliphatic rings. The highest BCUT2D eigenvalue weighted by Crippen LogP contribution is 2.14. The number of allylic oxidation sites excluding steroid dienone is 6. The van der Waals surface area contributed by atoms with E-state index in [9.17, 15) is 9.59 Å². The van der Waals surface area contributed by atoms with Crippen molar-refractivity contribution in [2.45, 2.75) is 26.2 Å². The first-order chi connectivity index (χ1) is 9.68. The van der Waals surface area contributed by atoms with Crippen LogP contribution in [0.5, 0.6) is 0 Å². The Hall–Kier alpha value is -2.23. The highest BCUT2D eigenvalue weighted by atomic mass is 16.7. The molecular formula is C16H17NO3. The number of nitrogens with zero attached hydrogens (tertiary/aromatic N) is 1. The molecule has 4 heteroatoms. The van der Waals surface area contributed by atoms with E-state index in [1.807, 2.05) is 36.5 Å². The molecule has 4 nitrogen and oxygen atoms in total. The molecule has 0 heterocycles. The molecule has 0 saturated heterocycles. The Kier molecular flexibility index (Phi) is 4.82. The summed E-state index contributed by atoms with van der Waals surface area (Å²) >= 11 is 0. The van der Waals surface area contributed by atoms with Gasteiger partial charge in [0.25, 0.3) is 0 Å². The second kappa shape index (κ2) is 6.80. The van der Waals surface area contributed by atoms with Gasteiger partial charge in [0, 0.05) is 5.92 Å². The van der Waals surface area contributed by atoms with E-state index in [1.54, 1.807) is 13.0 Å². The van der Waals surface area contributed by atoms with Gasteiger partial charge in [0.1, 0.15) is 5.71 Å². The van der Waals surface area contributed by atoms with Crippen LogP contribution in [0.3, 0.4) is 0 Å². The van der Waals surface area contributed by atoms with Crippen LogP contribution in [0.25, 0.3) is 0 Å². The lowest BCUT2D eigenvalue weighted by atomic mass is 9.94. The van der Waals surface area contributed by atoms with E-state index in [1.165, 1.54) is 0 Å². The van der Waals surface area contributed by atoms with E-state index in [4.69, 9.17) is 4.84 Å². The summed E-state index contributed by atoms with van der Waals surface area (Å²) < 4.78 is 0. The van der Waals surface area contributed by atoms with Gasteiger partial charge in [0.2, 0.25) is 0 Å². The number of ketones is 1. The average molecular weight is 271 g/mol. The molecule has 104 valence electrons. The maximum absolute atomic E-state index is 12.1. The number of Topliss-reactive ketones (excluding diaryl/α,β-unsaturated/α-hetero) is 1. The van der Waals surface area contributed by atoms with Gasteiger partial charge in [-0.3, -0.25) is 4.79 Å². The molecule has 1 unspecified atom stereocenters. The summed E-state index contributed by atoms with van der Waals surface area (Å²) in [6, 6.07) is 0. The van der Waals surface area contributed by atoms with Crippen LogP contribution in [0.15, 0.2) is 53.3 Å². The zero-order valence-corrected chi connectivity index (χ0v) is 11.4. The summed E-state index contributed by atoms with van der Waals surface area (Å²) in [4.78, 5) is 28.6. The van der Waals surface area contributed by atoms with Gasteiger partial charge in [-0.1, -0.05) is 47.7 Å². The Morgan fingerprint density at radius 3 is 2.75 bits per heavy atom. The minimum Gasteiger partial charge on any atom is -0.312 e. The molecule has 0 spiro atoms. The Morgan fingerprint density at radius 2 is 2.10 bits per heavy atom. The molecular weight excluding hydrogens is 254 g/mol. The van der Waals surface area contributed by atoms with Gasteiger partial charge < -0.3 is 4.84 Å². The number of hydrogen-bond acceptors (Lipinski definition) is 4. The number of carbonyl (C=O) groups is 2. The summed E-state index contributed by atoms with van der Waals surface area (Å²) in [5.41, 5.74) is 0.699. The lowest BCUT2D eigenvalue weighted by Crippen LogP contribution is -2.21. The first-order valence-corrected chi connectivity index (χ1v) is 6.68. The third-order valence-corrected chi connectivity index (χ3v) is 3.17. The van der Waals surface area contributed by atoms with Crippen LogP contribution in [0.4, 0.5) is 0 Å². The number of rotatable bonds is 4. The second-order valence-corrected chi connectivity index (χ2v) is 4.71. The Balaban J connectivity index is 1.93. The van der Waals surface area contributed by atoms with Gasteiger partial charge in [-0.05, 0) is 26.2 Å². The van der Waals surface area contributed by atoms with Gasteiger partial charge in [-0.15, -0.1) is 0 Å². The van der Waals surface area contributed by atoms with Gasteiger partial charge in [0.05, 0.1) is 5.57 Å². The van der Waals surface area contributed by atoms with E-state index in [0.717, 1.165) is 12.8 Å². The summed E-state index contributed by atoms with van der Waals surface area (Å²) in [6.07, 6.45) is 15.3. The van der Waals surface area contributed by atoms with Crippen molar-refractivity contribution in [2.24, 2.45) is 11.1 Å². The van der Waals surface area contributed by atoms with Crippen molar-refractivity contribution in [3.05, 3.63) is 48.1 Å². The molecule has 2 rings (SSSR count). The molecule has 0 aromatic carbocycles. The van der Waals surface area contributed by atoms with Crippen LogP contribution >= 0.6 is 0 Å². The third-order valence-electron chi connectivity index (χ3n) is 3.17. The fraction of sp³-hybridized carbons (Fsp3) is 0.312. The highest BCUT2D eigenvalue weighted by molar-refractivity contribution is 6.40. The van der Waals surface area contributed by atoms with Crippen molar-refractivity contribution in [1.82, 2.24) is 0 Å². The van der Waals surface area contributed by atoms with E-state index < -0.39 is 5.97 Å². The van der Waals surface area contributed by atoms with Crippen molar-refractivity contribution in [3.8, 4) is 0 Å². The maximum Gasteiger partial charge on any atom is 0.365 e. The zero-order valence-electron chi connectivity index (χ0n) is 11.4. The van der Waals surface area contributed by atoms with Crippen LogP contribution in [0.2, 0.25) is 0 Å². The van der Waals surface area contributed by atoms with Gasteiger partial charge in [-0.25, -0.2) is 4.79 Å². The van der Waals surface area contributed by atoms with Gasteiger partial charge in [-0.2, -0.15) is 0 Å². The van der Waals surface area contributed by atoms with Crippen molar-refractivity contribution in [2.75, 3.05) is 0 Å². The molecule has 0 fully saturated rings. The molecule has 0 amide bonds. The molecule has 0 aromatic rings. The second-order valence-electron chi connectivity index (χ2n) is 4.71.